The van der Waals surface area contributed by atoms with Crippen molar-refractivity contribution in [2.24, 2.45) is 5.41 Å². The standard InChI is InChI=1S/C18H19N3O/c1-18(2,13-19)17(22)21-16-12-15(10-11-20-16)9-8-14-6-4-3-5-7-14/h3-7,10-12H,8-9H2,1-2H3,(H,20,21,22). The van der Waals surface area contributed by atoms with E-state index < -0.39 is 5.41 Å². The lowest BCUT2D eigenvalue weighted by molar-refractivity contribution is -0.121. The molecule has 4 heteroatoms. The maximum atomic E-state index is 12.0. The number of aryl methyl sites for hydroxylation is 2. The van der Waals surface area contributed by atoms with Gasteiger partial charge in [-0.15, -0.1) is 0 Å². The fraction of sp³-hybridized carbons (Fsp3) is 0.278. The molecule has 22 heavy (non-hydrogen) atoms. The van der Waals surface area contributed by atoms with Gasteiger partial charge in [-0.2, -0.15) is 5.26 Å². The van der Waals surface area contributed by atoms with Gasteiger partial charge in [0.2, 0.25) is 5.91 Å². The first-order valence-corrected chi connectivity index (χ1v) is 7.23. The van der Waals surface area contributed by atoms with E-state index in [1.165, 1.54) is 5.56 Å². The van der Waals surface area contributed by atoms with Crippen molar-refractivity contribution in [3.05, 3.63) is 59.8 Å². The van der Waals surface area contributed by atoms with Crippen LogP contribution < -0.4 is 5.32 Å². The minimum Gasteiger partial charge on any atom is -0.309 e. The number of nitriles is 1. The van der Waals surface area contributed by atoms with Gasteiger partial charge >= 0.3 is 0 Å². The van der Waals surface area contributed by atoms with Crippen LogP contribution in [0.2, 0.25) is 0 Å². The number of anilines is 1. The predicted octanol–water partition coefficient (Wildman–Crippen LogP) is 3.36. The highest BCUT2D eigenvalue weighted by Crippen LogP contribution is 2.17. The Morgan fingerprint density at radius 3 is 2.55 bits per heavy atom. The summed E-state index contributed by atoms with van der Waals surface area (Å²) in [6.07, 6.45) is 3.48. The fourth-order valence-corrected chi connectivity index (χ4v) is 1.95. The summed E-state index contributed by atoms with van der Waals surface area (Å²) >= 11 is 0. The van der Waals surface area contributed by atoms with Gasteiger partial charge in [0, 0.05) is 6.20 Å². The number of benzene rings is 1. The molecule has 0 bridgehead atoms. The van der Waals surface area contributed by atoms with Crippen molar-refractivity contribution in [3.63, 3.8) is 0 Å². The summed E-state index contributed by atoms with van der Waals surface area (Å²) in [4.78, 5) is 16.1. The average molecular weight is 293 g/mol. The van der Waals surface area contributed by atoms with Crippen LogP contribution in [0.25, 0.3) is 0 Å². The molecule has 1 N–H and O–H groups in total. The molecule has 0 aliphatic carbocycles. The van der Waals surface area contributed by atoms with E-state index in [0.29, 0.717) is 5.82 Å². The number of nitrogens with one attached hydrogen (secondary N) is 1. The quantitative estimate of drug-likeness (QED) is 0.919. The maximum Gasteiger partial charge on any atom is 0.245 e. The van der Waals surface area contributed by atoms with Gasteiger partial charge in [0.05, 0.1) is 6.07 Å². The summed E-state index contributed by atoms with van der Waals surface area (Å²) in [7, 11) is 0. The molecule has 0 saturated heterocycles. The number of nitrogens with zero attached hydrogens (tertiary/aromatic N) is 2. The Labute approximate surface area is 130 Å². The van der Waals surface area contributed by atoms with Gasteiger partial charge in [-0.25, -0.2) is 4.98 Å². The predicted molar refractivity (Wildman–Crippen MR) is 86.1 cm³/mol. The van der Waals surface area contributed by atoms with Crippen LogP contribution in [0.3, 0.4) is 0 Å². The highest BCUT2D eigenvalue weighted by Gasteiger charge is 2.27. The largest absolute Gasteiger partial charge is 0.309 e. The smallest absolute Gasteiger partial charge is 0.245 e. The van der Waals surface area contributed by atoms with Crippen molar-refractivity contribution in [2.45, 2.75) is 26.7 Å². The number of hydrogen-bond acceptors (Lipinski definition) is 3. The molecule has 112 valence electrons. The summed E-state index contributed by atoms with van der Waals surface area (Å²) < 4.78 is 0. The molecule has 0 saturated carbocycles. The number of carbonyl (C=O) groups is 1. The van der Waals surface area contributed by atoms with Crippen molar-refractivity contribution in [2.75, 3.05) is 5.32 Å². The molecule has 1 aromatic heterocycles. The molecule has 2 rings (SSSR count). The Balaban J connectivity index is 2.01. The van der Waals surface area contributed by atoms with Crippen LogP contribution in [0.1, 0.15) is 25.0 Å². The monoisotopic (exact) mass is 293 g/mol. The molecule has 0 radical (unpaired) electrons. The van der Waals surface area contributed by atoms with Crippen molar-refractivity contribution in [3.8, 4) is 6.07 Å². The SMILES string of the molecule is CC(C)(C#N)C(=O)Nc1cc(CCc2ccccc2)ccn1. The average Bonchev–Trinajstić information content (AvgIpc) is 2.54. The van der Waals surface area contributed by atoms with Crippen LogP contribution >= 0.6 is 0 Å². The van der Waals surface area contributed by atoms with E-state index in [0.717, 1.165) is 18.4 Å². The third-order valence-electron chi connectivity index (χ3n) is 3.46. The molecule has 0 unspecified atom stereocenters. The molecule has 1 aromatic carbocycles. The number of hydrogen-bond donors (Lipinski definition) is 1. The number of pyridine rings is 1. The Hall–Kier alpha value is -2.67. The minimum absolute atomic E-state index is 0.345. The first kappa shape index (κ1) is 15.7. The molecule has 0 fully saturated rings. The Morgan fingerprint density at radius 2 is 1.86 bits per heavy atom. The molecular weight excluding hydrogens is 274 g/mol. The highest BCUT2D eigenvalue weighted by atomic mass is 16.2. The lowest BCUT2D eigenvalue weighted by Gasteiger charge is -2.14. The van der Waals surface area contributed by atoms with Crippen LogP contribution in [-0.4, -0.2) is 10.9 Å². The second-order valence-corrected chi connectivity index (χ2v) is 5.73. The molecule has 2 aromatic rings. The van der Waals surface area contributed by atoms with Crippen molar-refractivity contribution in [1.29, 1.82) is 5.26 Å². The van der Waals surface area contributed by atoms with E-state index >= 15 is 0 Å². The zero-order valence-electron chi connectivity index (χ0n) is 12.8. The van der Waals surface area contributed by atoms with E-state index in [1.54, 1.807) is 20.0 Å². The lowest BCUT2D eigenvalue weighted by Crippen LogP contribution is -2.29. The van der Waals surface area contributed by atoms with Crippen molar-refractivity contribution < 1.29 is 4.79 Å². The first-order valence-electron chi connectivity index (χ1n) is 7.23. The minimum atomic E-state index is -1.07. The van der Waals surface area contributed by atoms with Gasteiger partial charge in [-0.3, -0.25) is 4.79 Å². The van der Waals surface area contributed by atoms with Crippen LogP contribution in [0.5, 0.6) is 0 Å². The highest BCUT2D eigenvalue weighted by molar-refractivity contribution is 5.95. The van der Waals surface area contributed by atoms with Gasteiger partial charge in [0.15, 0.2) is 0 Å². The Bertz CT molecular complexity index is 687. The molecule has 4 nitrogen and oxygen atoms in total. The number of rotatable bonds is 5. The summed E-state index contributed by atoms with van der Waals surface area (Å²) in [6.45, 7) is 3.17. The number of aromatic nitrogens is 1. The van der Waals surface area contributed by atoms with Crippen LogP contribution in [-0.2, 0) is 17.6 Å². The molecule has 0 atom stereocenters. The van der Waals surface area contributed by atoms with E-state index in [9.17, 15) is 4.79 Å². The fourth-order valence-electron chi connectivity index (χ4n) is 1.95. The van der Waals surface area contributed by atoms with Crippen LogP contribution in [0.4, 0.5) is 5.82 Å². The Kier molecular flexibility index (Phi) is 4.90. The molecule has 0 aliphatic rings. The van der Waals surface area contributed by atoms with Crippen molar-refractivity contribution >= 4 is 11.7 Å². The molecular formula is C18H19N3O. The summed E-state index contributed by atoms with van der Waals surface area (Å²) in [5, 5.41) is 11.7. The first-order chi connectivity index (χ1) is 10.5. The molecule has 0 aliphatic heterocycles. The Morgan fingerprint density at radius 1 is 1.18 bits per heavy atom. The van der Waals surface area contributed by atoms with Crippen LogP contribution in [0, 0.1) is 16.7 Å². The van der Waals surface area contributed by atoms with E-state index in [-0.39, 0.29) is 5.91 Å². The van der Waals surface area contributed by atoms with Crippen LogP contribution in [0.15, 0.2) is 48.7 Å². The van der Waals surface area contributed by atoms with E-state index in [4.69, 9.17) is 5.26 Å². The van der Waals surface area contributed by atoms with E-state index in [1.807, 2.05) is 36.4 Å². The third kappa shape index (κ3) is 4.16. The molecule has 1 amide bonds. The lowest BCUT2D eigenvalue weighted by atomic mass is 9.95. The van der Waals surface area contributed by atoms with Crippen molar-refractivity contribution in [1.82, 2.24) is 4.98 Å². The van der Waals surface area contributed by atoms with Gasteiger partial charge in [0.1, 0.15) is 11.2 Å². The van der Waals surface area contributed by atoms with E-state index in [2.05, 4.69) is 22.4 Å². The van der Waals surface area contributed by atoms with Gasteiger partial charge in [-0.05, 0) is 49.9 Å². The topological polar surface area (TPSA) is 65.8 Å². The normalized spacial score (nSPS) is 10.8. The number of carbonyl (C=O) groups excluding carboxylic acids is 1. The second kappa shape index (κ2) is 6.86. The molecule has 0 spiro atoms. The van der Waals surface area contributed by atoms with Gasteiger partial charge in [-0.1, -0.05) is 30.3 Å². The second-order valence-electron chi connectivity index (χ2n) is 5.73. The summed E-state index contributed by atoms with van der Waals surface area (Å²) in [5.74, 6) is 0.140. The van der Waals surface area contributed by atoms with Gasteiger partial charge in [0.25, 0.3) is 0 Å². The maximum absolute atomic E-state index is 12.0. The summed E-state index contributed by atoms with van der Waals surface area (Å²) in [5.41, 5.74) is 1.31. The summed E-state index contributed by atoms with van der Waals surface area (Å²) in [6, 6.07) is 16.0. The third-order valence-corrected chi connectivity index (χ3v) is 3.46. The zero-order chi connectivity index (χ0) is 16.0. The molecule has 1 heterocycles. The van der Waals surface area contributed by atoms with Gasteiger partial charge < -0.3 is 5.32 Å². The zero-order valence-corrected chi connectivity index (χ0v) is 12.8. The number of amides is 1.